The zero-order chi connectivity index (χ0) is 22.5. The normalized spacial score (nSPS) is 15.8. The van der Waals surface area contributed by atoms with Crippen LogP contribution in [0.4, 0.5) is 21.6 Å². The lowest BCUT2D eigenvalue weighted by Crippen LogP contribution is -2.25. The van der Waals surface area contributed by atoms with Gasteiger partial charge in [0.05, 0.1) is 23.2 Å². The molecule has 1 aliphatic heterocycles. The summed E-state index contributed by atoms with van der Waals surface area (Å²) in [7, 11) is 0. The van der Waals surface area contributed by atoms with Gasteiger partial charge in [-0.3, -0.25) is 4.79 Å². The Morgan fingerprint density at radius 3 is 2.75 bits per heavy atom. The summed E-state index contributed by atoms with van der Waals surface area (Å²) in [5.74, 6) is -1.33. The van der Waals surface area contributed by atoms with Gasteiger partial charge in [0.2, 0.25) is 5.43 Å². The number of aromatic carboxylic acids is 1. The highest BCUT2D eigenvalue weighted by Crippen LogP contribution is 2.52. The highest BCUT2D eigenvalue weighted by atomic mass is 19.1. The van der Waals surface area contributed by atoms with Crippen molar-refractivity contribution in [3.05, 3.63) is 52.2 Å². The number of anilines is 3. The van der Waals surface area contributed by atoms with Gasteiger partial charge in [-0.2, -0.15) is 0 Å². The van der Waals surface area contributed by atoms with Crippen LogP contribution < -0.4 is 26.5 Å². The zero-order valence-corrected chi connectivity index (χ0v) is 17.2. The van der Waals surface area contributed by atoms with Gasteiger partial charge < -0.3 is 30.8 Å². The fraction of sp³-hybridized carbons (Fsp3) is 0.318. The Hall–Kier alpha value is -3.82. The fourth-order valence-corrected chi connectivity index (χ4v) is 4.32. The van der Waals surface area contributed by atoms with E-state index < -0.39 is 22.8 Å². The lowest BCUT2D eigenvalue weighted by molar-refractivity contribution is 0.0694. The van der Waals surface area contributed by atoms with Gasteiger partial charge in [-0.1, -0.05) is 6.07 Å². The molecule has 2 aliphatic rings. The number of rotatable bonds is 6. The predicted molar refractivity (Wildman–Crippen MR) is 118 cm³/mol. The number of fused-ring (bicyclic) bond motifs is 1. The Morgan fingerprint density at radius 2 is 2.06 bits per heavy atom. The monoisotopic (exact) mass is 439 g/mol. The predicted octanol–water partition coefficient (Wildman–Crippen LogP) is 2.61. The van der Waals surface area contributed by atoms with Crippen molar-refractivity contribution in [1.82, 2.24) is 9.55 Å². The molecule has 1 aromatic carbocycles. The summed E-state index contributed by atoms with van der Waals surface area (Å²) in [6, 6.07) is 5.48. The van der Waals surface area contributed by atoms with Gasteiger partial charge in [-0.25, -0.2) is 14.2 Å². The second-order valence-corrected chi connectivity index (χ2v) is 8.09. The molecule has 32 heavy (non-hydrogen) atoms. The number of hydrogen-bond acceptors (Lipinski definition) is 7. The second kappa shape index (κ2) is 7.40. The molecule has 0 radical (unpaired) electrons. The first-order valence-corrected chi connectivity index (χ1v) is 10.4. The van der Waals surface area contributed by atoms with Gasteiger partial charge in [-0.05, 0) is 25.0 Å². The minimum atomic E-state index is -1.37. The molecule has 166 valence electrons. The maximum absolute atomic E-state index is 15.3. The Kier molecular flexibility index (Phi) is 4.65. The number of benzene rings is 1. The van der Waals surface area contributed by atoms with Crippen LogP contribution in [0.15, 0.2) is 35.4 Å². The average Bonchev–Trinajstić information content (AvgIpc) is 3.58. The molecule has 1 fully saturated rings. The number of hydrogen-bond donors (Lipinski definition) is 4. The van der Waals surface area contributed by atoms with Crippen molar-refractivity contribution in [2.24, 2.45) is 0 Å². The largest absolute Gasteiger partial charge is 0.489 e. The molecule has 0 bridgehead atoms. The molecule has 9 nitrogen and oxygen atoms in total. The molecule has 1 saturated carbocycles. The van der Waals surface area contributed by atoms with E-state index in [0.717, 1.165) is 12.8 Å². The summed E-state index contributed by atoms with van der Waals surface area (Å²) in [4.78, 5) is 28.8. The average molecular weight is 439 g/mol. The number of aromatic nitrogens is 2. The molecule has 0 unspecified atom stereocenters. The summed E-state index contributed by atoms with van der Waals surface area (Å²) < 4.78 is 23.0. The number of pyridine rings is 2. The third kappa shape index (κ3) is 3.10. The van der Waals surface area contributed by atoms with Crippen molar-refractivity contribution in [2.45, 2.75) is 24.8 Å². The molecule has 10 heteroatoms. The topological polar surface area (TPSA) is 131 Å². The van der Waals surface area contributed by atoms with Crippen LogP contribution in [0.2, 0.25) is 0 Å². The molecular weight excluding hydrogens is 417 g/mol. The summed E-state index contributed by atoms with van der Waals surface area (Å²) in [6.45, 7) is 1.09. The number of nitrogens with one attached hydrogen (secondary N) is 2. The maximum atomic E-state index is 15.3. The minimum absolute atomic E-state index is 0.0618. The number of carbonyl (C=O) groups is 1. The van der Waals surface area contributed by atoms with E-state index in [9.17, 15) is 14.7 Å². The van der Waals surface area contributed by atoms with Crippen molar-refractivity contribution in [3.8, 4) is 5.75 Å². The molecule has 5 N–H and O–H groups in total. The Labute approximate surface area is 182 Å². The molecule has 3 aromatic rings. The number of nitrogens with two attached hydrogens (primary N) is 1. The second-order valence-electron chi connectivity index (χ2n) is 8.09. The summed E-state index contributed by atoms with van der Waals surface area (Å²) in [5, 5.41) is 15.5. The van der Waals surface area contributed by atoms with Gasteiger partial charge >= 0.3 is 5.97 Å². The number of carboxylic acid groups (broad SMARTS) is 1. The van der Waals surface area contributed by atoms with E-state index in [-0.39, 0.29) is 28.0 Å². The van der Waals surface area contributed by atoms with Gasteiger partial charge in [0.15, 0.2) is 11.6 Å². The van der Waals surface area contributed by atoms with E-state index >= 15 is 4.39 Å². The van der Waals surface area contributed by atoms with Crippen LogP contribution in [0.25, 0.3) is 10.9 Å². The van der Waals surface area contributed by atoms with Gasteiger partial charge in [0.25, 0.3) is 0 Å². The maximum Gasteiger partial charge on any atom is 0.341 e. The first-order chi connectivity index (χ1) is 15.4. The van der Waals surface area contributed by atoms with E-state index in [2.05, 4.69) is 15.6 Å². The number of carboxylic acids is 1. The van der Waals surface area contributed by atoms with E-state index in [0.29, 0.717) is 37.5 Å². The summed E-state index contributed by atoms with van der Waals surface area (Å²) in [6.07, 6.45) is 5.28. The number of halogens is 1. The van der Waals surface area contributed by atoms with Gasteiger partial charge in [0, 0.05) is 37.4 Å². The van der Waals surface area contributed by atoms with Crippen LogP contribution in [0.5, 0.6) is 5.75 Å². The van der Waals surface area contributed by atoms with Crippen molar-refractivity contribution in [3.63, 3.8) is 0 Å². The molecule has 0 amide bonds. The number of ether oxygens (including phenoxy) is 1. The molecule has 5 rings (SSSR count). The van der Waals surface area contributed by atoms with Crippen LogP contribution in [-0.2, 0) is 5.54 Å². The van der Waals surface area contributed by atoms with E-state index in [1.165, 1.54) is 6.20 Å². The highest BCUT2D eigenvalue weighted by molar-refractivity contribution is 6.03. The first kappa shape index (κ1) is 20.1. The first-order valence-electron chi connectivity index (χ1n) is 10.4. The molecular formula is C22H22FN5O4. The SMILES string of the molecule is Nc1c(F)c(NCCNc2ccccn2)c2c3c1c(=O)c(C(=O)O)cn3C1(CCO2)CC1. The summed E-state index contributed by atoms with van der Waals surface area (Å²) in [5.41, 5.74) is 4.49. The lowest BCUT2D eigenvalue weighted by Gasteiger charge is -2.22. The zero-order valence-electron chi connectivity index (χ0n) is 17.2. The Morgan fingerprint density at radius 1 is 1.28 bits per heavy atom. The summed E-state index contributed by atoms with van der Waals surface area (Å²) >= 11 is 0. The molecule has 1 aliphatic carbocycles. The van der Waals surface area contributed by atoms with Crippen LogP contribution in [-0.4, -0.2) is 40.3 Å². The number of nitrogens with zero attached hydrogens (tertiary/aromatic N) is 2. The fourth-order valence-electron chi connectivity index (χ4n) is 4.32. The van der Waals surface area contributed by atoms with E-state index in [4.69, 9.17) is 10.5 Å². The highest BCUT2D eigenvalue weighted by Gasteiger charge is 2.47. The Balaban J connectivity index is 1.60. The van der Waals surface area contributed by atoms with Crippen molar-refractivity contribution in [1.29, 1.82) is 0 Å². The Bertz CT molecular complexity index is 1290. The molecule has 0 saturated heterocycles. The molecule has 2 aromatic heterocycles. The molecule has 1 spiro atoms. The van der Waals surface area contributed by atoms with Gasteiger partial charge in [-0.15, -0.1) is 0 Å². The third-order valence-corrected chi connectivity index (χ3v) is 6.16. The van der Waals surface area contributed by atoms with Gasteiger partial charge in [0.1, 0.15) is 17.1 Å². The van der Waals surface area contributed by atoms with Crippen LogP contribution >= 0.6 is 0 Å². The third-order valence-electron chi connectivity index (χ3n) is 6.16. The van der Waals surface area contributed by atoms with Crippen LogP contribution in [0.3, 0.4) is 0 Å². The number of nitrogen functional groups attached to an aromatic ring is 1. The standard InChI is InChI=1S/C22H22FN5O4/c23-15-16(24)14-18-20(17(15)27-9-8-26-13-3-1-2-7-25-13)32-10-6-22(4-5-22)28(18)11-12(19(14)29)21(30)31/h1-3,7,11,27H,4-6,8-10,24H2,(H,25,26)(H,30,31). The van der Waals surface area contributed by atoms with E-state index in [1.807, 2.05) is 18.2 Å². The van der Waals surface area contributed by atoms with E-state index in [1.54, 1.807) is 10.8 Å². The lowest BCUT2D eigenvalue weighted by atomic mass is 10.0. The quantitative estimate of drug-likeness (QED) is 0.340. The van der Waals surface area contributed by atoms with Crippen molar-refractivity contribution in [2.75, 3.05) is 36.1 Å². The minimum Gasteiger partial charge on any atom is -0.489 e. The van der Waals surface area contributed by atoms with Crippen molar-refractivity contribution < 1.29 is 19.0 Å². The molecule has 3 heterocycles. The smallest absolute Gasteiger partial charge is 0.341 e. The van der Waals surface area contributed by atoms with Crippen LogP contribution in [0.1, 0.15) is 29.6 Å². The van der Waals surface area contributed by atoms with Crippen molar-refractivity contribution >= 4 is 34.1 Å². The van der Waals surface area contributed by atoms with Crippen LogP contribution in [0, 0.1) is 5.82 Å². The molecule has 0 atom stereocenters.